The van der Waals surface area contributed by atoms with E-state index in [0.29, 0.717) is 39.5 Å². The maximum atomic E-state index is 12.4. The van der Waals surface area contributed by atoms with E-state index in [1.54, 1.807) is 30.3 Å². The minimum atomic E-state index is -3.32. The molecule has 2 aromatic heterocycles. The summed E-state index contributed by atoms with van der Waals surface area (Å²) in [5.41, 5.74) is 0.695. The molecule has 0 saturated carbocycles. The fourth-order valence-corrected chi connectivity index (χ4v) is 5.00. The van der Waals surface area contributed by atoms with Crippen LogP contribution in [0.15, 0.2) is 50.4 Å². The van der Waals surface area contributed by atoms with Crippen LogP contribution < -0.4 is 0 Å². The first-order valence-corrected chi connectivity index (χ1v) is 9.56. The van der Waals surface area contributed by atoms with Gasteiger partial charge < -0.3 is 8.94 Å². The largest absolute Gasteiger partial charge is 0.461 e. The third kappa shape index (κ3) is 2.97. The molecule has 0 radical (unpaired) electrons. The molecule has 3 aromatic rings. The van der Waals surface area contributed by atoms with E-state index in [0.717, 1.165) is 0 Å². The van der Waals surface area contributed by atoms with Crippen LogP contribution in [0.3, 0.4) is 0 Å². The maximum absolute atomic E-state index is 12.4. The summed E-state index contributed by atoms with van der Waals surface area (Å²) < 4.78 is 35.2. The van der Waals surface area contributed by atoms with E-state index in [1.807, 2.05) is 11.9 Å². The van der Waals surface area contributed by atoms with E-state index in [2.05, 4.69) is 10.1 Å². The molecule has 9 heteroatoms. The first-order valence-electron chi connectivity index (χ1n) is 7.53. The lowest BCUT2D eigenvalue weighted by molar-refractivity contribution is 0.219. The lowest BCUT2D eigenvalue weighted by Gasteiger charge is -2.22. The zero-order chi connectivity index (χ0) is 17.6. The number of fused-ring (bicyclic) bond motifs is 1. The smallest absolute Gasteiger partial charge is 0.241 e. The van der Waals surface area contributed by atoms with Gasteiger partial charge in [0.05, 0.1) is 29.5 Å². The van der Waals surface area contributed by atoms with E-state index in [9.17, 15) is 8.42 Å². The monoisotopic (exact) mass is 379 g/mol. The summed E-state index contributed by atoms with van der Waals surface area (Å²) in [7, 11) is -1.51. The highest BCUT2D eigenvalue weighted by molar-refractivity contribution is 7.91. The fourth-order valence-electron chi connectivity index (χ4n) is 2.96. The van der Waals surface area contributed by atoms with Crippen LogP contribution in [-0.2, 0) is 16.4 Å². The van der Waals surface area contributed by atoms with Crippen molar-refractivity contribution >= 4 is 21.4 Å². The normalized spacial score (nSPS) is 18.6. The van der Waals surface area contributed by atoms with Gasteiger partial charge in [-0.05, 0) is 42.9 Å². The number of hydrogen-bond acceptors (Lipinski definition) is 7. The molecule has 0 saturated heterocycles. The van der Waals surface area contributed by atoms with Crippen molar-refractivity contribution in [1.29, 1.82) is 0 Å². The summed E-state index contributed by atoms with van der Waals surface area (Å²) in [6, 6.07) is 8.00. The number of sulfone groups is 1. The number of hydrogen-bond donors (Lipinski definition) is 0. The number of aromatic nitrogens is 2. The van der Waals surface area contributed by atoms with Gasteiger partial charge in [0.2, 0.25) is 11.7 Å². The number of halogens is 1. The van der Waals surface area contributed by atoms with Crippen molar-refractivity contribution in [3.05, 3.63) is 53.1 Å². The molecule has 4 rings (SSSR count). The highest BCUT2D eigenvalue weighted by Crippen LogP contribution is 2.38. The summed E-state index contributed by atoms with van der Waals surface area (Å²) in [6.45, 7) is 0.305. The molecule has 0 fully saturated rings. The number of rotatable bonds is 4. The van der Waals surface area contributed by atoms with Crippen LogP contribution in [0.2, 0.25) is 5.02 Å². The van der Waals surface area contributed by atoms with Crippen molar-refractivity contribution in [3.8, 4) is 11.6 Å². The fraction of sp³-hybridized carbons (Fsp3) is 0.250. The molecule has 25 heavy (non-hydrogen) atoms. The predicted octanol–water partition coefficient (Wildman–Crippen LogP) is 2.94. The third-order valence-electron chi connectivity index (χ3n) is 4.17. The zero-order valence-corrected chi connectivity index (χ0v) is 14.8. The molecule has 0 aliphatic carbocycles. The molecular formula is C16H14ClN3O4S. The Kier molecular flexibility index (Phi) is 3.90. The van der Waals surface area contributed by atoms with Gasteiger partial charge in [-0.15, -0.1) is 0 Å². The molecule has 1 aliphatic rings. The lowest BCUT2D eigenvalue weighted by Crippen LogP contribution is -2.25. The lowest BCUT2D eigenvalue weighted by atomic mass is 10.1. The Labute approximate surface area is 149 Å². The average molecular weight is 380 g/mol. The topological polar surface area (TPSA) is 89.4 Å². The molecule has 0 N–H and O–H groups in total. The highest BCUT2D eigenvalue weighted by Gasteiger charge is 2.37. The molecule has 130 valence electrons. The Balaban J connectivity index is 1.58. The van der Waals surface area contributed by atoms with Gasteiger partial charge in [-0.25, -0.2) is 8.42 Å². The quantitative estimate of drug-likeness (QED) is 0.688. The Morgan fingerprint density at radius 1 is 1.36 bits per heavy atom. The van der Waals surface area contributed by atoms with Gasteiger partial charge in [-0.2, -0.15) is 4.98 Å². The van der Waals surface area contributed by atoms with E-state index < -0.39 is 9.84 Å². The molecule has 0 unspecified atom stereocenters. The zero-order valence-electron chi connectivity index (χ0n) is 13.2. The van der Waals surface area contributed by atoms with Crippen LogP contribution in [0.5, 0.6) is 0 Å². The molecule has 1 atom stereocenters. The number of benzene rings is 1. The molecule has 0 bridgehead atoms. The Hall–Kier alpha value is -2.16. The molecular weight excluding hydrogens is 366 g/mol. The van der Waals surface area contributed by atoms with Crippen LogP contribution in [0.1, 0.15) is 17.5 Å². The predicted molar refractivity (Wildman–Crippen MR) is 89.7 cm³/mol. The van der Waals surface area contributed by atoms with E-state index in [-0.39, 0.29) is 11.8 Å². The van der Waals surface area contributed by atoms with Gasteiger partial charge in [0, 0.05) is 5.02 Å². The second kappa shape index (κ2) is 5.98. The van der Waals surface area contributed by atoms with Gasteiger partial charge in [0.25, 0.3) is 0 Å². The van der Waals surface area contributed by atoms with Crippen molar-refractivity contribution in [1.82, 2.24) is 15.0 Å². The number of furan rings is 1. The molecule has 1 aliphatic heterocycles. The Bertz CT molecular complexity index is 1010. The standard InChI is InChI=1S/C16H14ClN3O4S/c1-20(8-15-18-16(19-24-15)13-3-2-6-23-13)12-9-25(21,22)14-5-4-10(17)7-11(12)14/h2-7,12H,8-9H2,1H3/t12-/m0/s1. The van der Waals surface area contributed by atoms with E-state index in [4.69, 9.17) is 20.5 Å². The summed E-state index contributed by atoms with van der Waals surface area (Å²) in [5.74, 6) is 1.24. The second-order valence-corrected chi connectivity index (χ2v) is 8.32. The first kappa shape index (κ1) is 16.3. The summed E-state index contributed by atoms with van der Waals surface area (Å²) in [4.78, 5) is 6.47. The molecule has 3 heterocycles. The summed E-state index contributed by atoms with van der Waals surface area (Å²) in [6.07, 6.45) is 1.53. The van der Waals surface area contributed by atoms with Crippen molar-refractivity contribution in [2.75, 3.05) is 12.8 Å². The Morgan fingerprint density at radius 2 is 2.20 bits per heavy atom. The second-order valence-electron chi connectivity index (χ2n) is 5.88. The van der Waals surface area contributed by atoms with Gasteiger partial charge in [-0.3, -0.25) is 4.90 Å². The minimum Gasteiger partial charge on any atom is -0.461 e. The van der Waals surface area contributed by atoms with Crippen LogP contribution in [-0.4, -0.2) is 36.3 Å². The highest BCUT2D eigenvalue weighted by atomic mass is 35.5. The SMILES string of the molecule is CN(Cc1nc(-c2ccco2)no1)[C@H]1CS(=O)(=O)c2ccc(Cl)cc21. The third-order valence-corrected chi connectivity index (χ3v) is 6.20. The van der Waals surface area contributed by atoms with Gasteiger partial charge >= 0.3 is 0 Å². The van der Waals surface area contributed by atoms with Crippen molar-refractivity contribution in [2.45, 2.75) is 17.5 Å². The summed E-state index contributed by atoms with van der Waals surface area (Å²) >= 11 is 6.04. The van der Waals surface area contributed by atoms with Crippen molar-refractivity contribution in [3.63, 3.8) is 0 Å². The molecule has 1 aromatic carbocycles. The number of nitrogens with zero attached hydrogens (tertiary/aromatic N) is 3. The first-order chi connectivity index (χ1) is 11.9. The summed E-state index contributed by atoms with van der Waals surface area (Å²) in [5, 5.41) is 4.39. The minimum absolute atomic E-state index is 0.00163. The van der Waals surface area contributed by atoms with Crippen LogP contribution in [0.4, 0.5) is 0 Å². The van der Waals surface area contributed by atoms with Gasteiger partial charge in [0.1, 0.15) is 0 Å². The van der Waals surface area contributed by atoms with Crippen molar-refractivity contribution in [2.24, 2.45) is 0 Å². The molecule has 0 amide bonds. The van der Waals surface area contributed by atoms with E-state index in [1.165, 1.54) is 6.26 Å². The Morgan fingerprint density at radius 3 is 2.96 bits per heavy atom. The molecule has 7 nitrogen and oxygen atoms in total. The average Bonchev–Trinajstić information content (AvgIpc) is 3.26. The van der Waals surface area contributed by atoms with Gasteiger partial charge in [-0.1, -0.05) is 16.8 Å². The van der Waals surface area contributed by atoms with E-state index >= 15 is 0 Å². The van der Waals surface area contributed by atoms with Crippen LogP contribution in [0, 0.1) is 0 Å². The van der Waals surface area contributed by atoms with Crippen molar-refractivity contribution < 1.29 is 17.4 Å². The maximum Gasteiger partial charge on any atom is 0.241 e. The molecule has 0 spiro atoms. The van der Waals surface area contributed by atoms with Crippen LogP contribution in [0.25, 0.3) is 11.6 Å². The van der Waals surface area contributed by atoms with Crippen LogP contribution >= 0.6 is 11.6 Å². The van der Waals surface area contributed by atoms with Gasteiger partial charge in [0.15, 0.2) is 15.6 Å².